The van der Waals surface area contributed by atoms with Crippen LogP contribution in [0, 0.1) is 0 Å². The van der Waals surface area contributed by atoms with E-state index in [1.165, 1.54) is 0 Å². The summed E-state index contributed by atoms with van der Waals surface area (Å²) in [5.41, 5.74) is 1.82. The van der Waals surface area contributed by atoms with E-state index < -0.39 is 12.0 Å². The number of aromatic amines is 1. The summed E-state index contributed by atoms with van der Waals surface area (Å²) in [6, 6.07) is 4.88. The number of fused-ring (bicyclic) bond motifs is 1. The van der Waals surface area contributed by atoms with Crippen molar-refractivity contribution >= 4 is 38.7 Å². The van der Waals surface area contributed by atoms with E-state index in [4.69, 9.17) is 0 Å². The minimum absolute atomic E-state index is 0.213. The molecular weight excluding hydrogens is 348 g/mol. The van der Waals surface area contributed by atoms with E-state index in [1.807, 2.05) is 25.1 Å². The van der Waals surface area contributed by atoms with Crippen LogP contribution in [0.2, 0.25) is 0 Å². The molecule has 0 bridgehead atoms. The van der Waals surface area contributed by atoms with Gasteiger partial charge in [-0.1, -0.05) is 29.3 Å². The molecule has 1 atom stereocenters. The predicted octanol–water partition coefficient (Wildman–Crippen LogP) is 3.23. The lowest BCUT2D eigenvalue weighted by Crippen LogP contribution is -2.42. The fourth-order valence-electron chi connectivity index (χ4n) is 2.34. The van der Waals surface area contributed by atoms with E-state index in [9.17, 15) is 14.7 Å². The lowest BCUT2D eigenvalue weighted by molar-refractivity contribution is -0.141. The number of halogens is 1. The fourth-order valence-corrected chi connectivity index (χ4v) is 2.70. The predicted molar refractivity (Wildman–Crippen MR) is 88.8 cm³/mol. The van der Waals surface area contributed by atoms with Gasteiger partial charge >= 0.3 is 5.97 Å². The van der Waals surface area contributed by atoms with Crippen LogP contribution < -0.4 is 5.32 Å². The molecule has 118 valence electrons. The first-order valence-electron chi connectivity index (χ1n) is 7.29. The molecule has 1 amide bonds. The van der Waals surface area contributed by atoms with Gasteiger partial charge in [0.25, 0.3) is 0 Å². The van der Waals surface area contributed by atoms with E-state index in [1.54, 1.807) is 6.20 Å². The highest BCUT2D eigenvalue weighted by Crippen LogP contribution is 2.23. The van der Waals surface area contributed by atoms with E-state index >= 15 is 0 Å². The molecule has 5 nitrogen and oxygen atoms in total. The van der Waals surface area contributed by atoms with Crippen LogP contribution in [0.15, 0.2) is 28.9 Å². The Balaban J connectivity index is 2.14. The number of hydrogen-bond donors (Lipinski definition) is 3. The minimum Gasteiger partial charge on any atom is -0.480 e. The van der Waals surface area contributed by atoms with E-state index in [0.29, 0.717) is 6.42 Å². The van der Waals surface area contributed by atoms with Crippen molar-refractivity contribution in [3.63, 3.8) is 0 Å². The molecule has 0 saturated heterocycles. The SMILES string of the molecule is CCCCC(=O)NC(Cc1c[nH]c2ccc(Br)cc12)C(=O)O. The monoisotopic (exact) mass is 366 g/mol. The third-order valence-electron chi connectivity index (χ3n) is 3.54. The van der Waals surface area contributed by atoms with Gasteiger partial charge in [-0.15, -0.1) is 0 Å². The quantitative estimate of drug-likeness (QED) is 0.703. The van der Waals surface area contributed by atoms with Gasteiger partial charge in [-0.3, -0.25) is 4.79 Å². The number of carboxylic acid groups (broad SMARTS) is 1. The molecule has 3 N–H and O–H groups in total. The van der Waals surface area contributed by atoms with Crippen LogP contribution in [0.3, 0.4) is 0 Å². The van der Waals surface area contributed by atoms with Gasteiger partial charge in [0.05, 0.1) is 0 Å². The average Bonchev–Trinajstić information content (AvgIpc) is 2.86. The Morgan fingerprint density at radius 3 is 2.86 bits per heavy atom. The highest BCUT2D eigenvalue weighted by atomic mass is 79.9. The number of carbonyl (C=O) groups excluding carboxylic acids is 1. The molecule has 1 aromatic carbocycles. The van der Waals surface area contributed by atoms with Crippen LogP contribution in [0.25, 0.3) is 10.9 Å². The molecule has 6 heteroatoms. The molecule has 1 aromatic heterocycles. The number of unbranched alkanes of at least 4 members (excludes halogenated alkanes) is 1. The summed E-state index contributed by atoms with van der Waals surface area (Å²) in [5, 5.41) is 12.9. The molecule has 0 fully saturated rings. The lowest BCUT2D eigenvalue weighted by atomic mass is 10.0. The molecule has 2 rings (SSSR count). The number of nitrogens with one attached hydrogen (secondary N) is 2. The Morgan fingerprint density at radius 1 is 1.41 bits per heavy atom. The molecule has 1 unspecified atom stereocenters. The number of amides is 1. The van der Waals surface area contributed by atoms with E-state index in [-0.39, 0.29) is 12.3 Å². The first kappa shape index (κ1) is 16.5. The number of rotatable bonds is 7. The van der Waals surface area contributed by atoms with Gasteiger partial charge in [-0.2, -0.15) is 0 Å². The third kappa shape index (κ3) is 4.10. The maximum Gasteiger partial charge on any atom is 0.326 e. The first-order chi connectivity index (χ1) is 10.5. The van der Waals surface area contributed by atoms with Gasteiger partial charge in [0.2, 0.25) is 5.91 Å². The van der Waals surface area contributed by atoms with Gasteiger partial charge in [0, 0.05) is 34.4 Å². The van der Waals surface area contributed by atoms with Crippen molar-refractivity contribution in [2.24, 2.45) is 0 Å². The van der Waals surface area contributed by atoms with E-state index in [0.717, 1.165) is 33.8 Å². The first-order valence-corrected chi connectivity index (χ1v) is 8.08. The van der Waals surface area contributed by atoms with Gasteiger partial charge in [-0.25, -0.2) is 4.79 Å². The van der Waals surface area contributed by atoms with Crippen LogP contribution in [0.1, 0.15) is 31.7 Å². The van der Waals surface area contributed by atoms with Crippen LogP contribution in [0.4, 0.5) is 0 Å². The summed E-state index contributed by atoms with van der Waals surface area (Å²) in [5.74, 6) is -1.23. The molecule has 0 saturated carbocycles. The van der Waals surface area contributed by atoms with Crippen molar-refractivity contribution in [1.82, 2.24) is 10.3 Å². The molecule has 0 radical (unpaired) electrons. The maximum absolute atomic E-state index is 11.8. The van der Waals surface area contributed by atoms with Gasteiger partial charge < -0.3 is 15.4 Å². The van der Waals surface area contributed by atoms with Crippen molar-refractivity contribution in [3.8, 4) is 0 Å². The second-order valence-electron chi connectivity index (χ2n) is 5.27. The zero-order valence-corrected chi connectivity index (χ0v) is 13.9. The summed E-state index contributed by atoms with van der Waals surface area (Å²) in [7, 11) is 0. The number of hydrogen-bond acceptors (Lipinski definition) is 2. The zero-order valence-electron chi connectivity index (χ0n) is 12.4. The smallest absolute Gasteiger partial charge is 0.326 e. The summed E-state index contributed by atoms with van der Waals surface area (Å²) in [6.45, 7) is 1.99. The molecule has 1 heterocycles. The van der Waals surface area contributed by atoms with E-state index in [2.05, 4.69) is 26.2 Å². The molecule has 0 aliphatic rings. The minimum atomic E-state index is -1.02. The van der Waals surface area contributed by atoms with Gasteiger partial charge in [0.1, 0.15) is 6.04 Å². The van der Waals surface area contributed by atoms with Crippen LogP contribution in [-0.2, 0) is 16.0 Å². The largest absolute Gasteiger partial charge is 0.480 e. The Labute approximate surface area is 137 Å². The van der Waals surface area contributed by atoms with Crippen molar-refractivity contribution < 1.29 is 14.7 Å². The number of benzene rings is 1. The van der Waals surface area contributed by atoms with Crippen molar-refractivity contribution in [2.45, 2.75) is 38.6 Å². The Kier molecular flexibility index (Phi) is 5.60. The van der Waals surface area contributed by atoms with Gasteiger partial charge in [-0.05, 0) is 30.2 Å². The summed E-state index contributed by atoms with van der Waals surface area (Å²) in [6.07, 6.45) is 4.08. The number of aromatic nitrogens is 1. The van der Waals surface area contributed by atoms with Crippen LogP contribution >= 0.6 is 15.9 Å². The maximum atomic E-state index is 11.8. The molecule has 0 aliphatic heterocycles. The third-order valence-corrected chi connectivity index (χ3v) is 4.04. The number of aliphatic carboxylic acids is 1. The fraction of sp³-hybridized carbons (Fsp3) is 0.375. The lowest BCUT2D eigenvalue weighted by Gasteiger charge is -2.14. The van der Waals surface area contributed by atoms with Crippen molar-refractivity contribution in [2.75, 3.05) is 0 Å². The van der Waals surface area contributed by atoms with Crippen LogP contribution in [-0.4, -0.2) is 28.0 Å². The van der Waals surface area contributed by atoms with Crippen molar-refractivity contribution in [3.05, 3.63) is 34.4 Å². The Morgan fingerprint density at radius 2 is 2.18 bits per heavy atom. The summed E-state index contributed by atoms with van der Waals surface area (Å²) < 4.78 is 0.930. The van der Waals surface area contributed by atoms with Crippen molar-refractivity contribution in [1.29, 1.82) is 0 Å². The standard InChI is InChI=1S/C16H19BrN2O3/c1-2-3-4-15(20)19-14(16(21)22)7-10-9-18-13-6-5-11(17)8-12(10)13/h5-6,8-9,14,18H,2-4,7H2,1H3,(H,19,20)(H,21,22). The molecular formula is C16H19BrN2O3. The topological polar surface area (TPSA) is 82.2 Å². The zero-order chi connectivity index (χ0) is 16.1. The second kappa shape index (κ2) is 7.45. The molecule has 0 aliphatic carbocycles. The van der Waals surface area contributed by atoms with Gasteiger partial charge in [0.15, 0.2) is 0 Å². The second-order valence-corrected chi connectivity index (χ2v) is 6.19. The van der Waals surface area contributed by atoms with Crippen LogP contribution in [0.5, 0.6) is 0 Å². The molecule has 2 aromatic rings. The number of H-pyrrole nitrogens is 1. The number of carboxylic acids is 1. The molecule has 22 heavy (non-hydrogen) atoms. The number of carbonyl (C=O) groups is 2. The Hall–Kier alpha value is -1.82. The average molecular weight is 367 g/mol. The highest BCUT2D eigenvalue weighted by Gasteiger charge is 2.21. The summed E-state index contributed by atoms with van der Waals surface area (Å²) in [4.78, 5) is 26.3. The normalized spacial score (nSPS) is 12.3. The molecule has 0 spiro atoms. The Bertz CT molecular complexity index is 681. The summed E-state index contributed by atoms with van der Waals surface area (Å²) >= 11 is 3.42. The highest BCUT2D eigenvalue weighted by molar-refractivity contribution is 9.10.